The van der Waals surface area contributed by atoms with E-state index in [4.69, 9.17) is 21.1 Å². The quantitative estimate of drug-likeness (QED) is 0.688. The van der Waals surface area contributed by atoms with Gasteiger partial charge in [-0.1, -0.05) is 23.7 Å². The third kappa shape index (κ3) is 3.88. The summed E-state index contributed by atoms with van der Waals surface area (Å²) >= 11 is 6.45. The van der Waals surface area contributed by atoms with E-state index in [0.717, 1.165) is 30.5 Å². The van der Waals surface area contributed by atoms with Crippen LogP contribution in [0.2, 0.25) is 5.02 Å². The van der Waals surface area contributed by atoms with Gasteiger partial charge in [-0.3, -0.25) is 4.90 Å². The smallest absolute Gasteiger partial charge is 0.414 e. The Morgan fingerprint density at radius 2 is 1.88 bits per heavy atom. The van der Waals surface area contributed by atoms with E-state index in [1.165, 1.54) is 7.11 Å². The summed E-state index contributed by atoms with van der Waals surface area (Å²) in [6, 6.07) is 5.00. The van der Waals surface area contributed by atoms with Crippen LogP contribution in [0.25, 0.3) is 5.70 Å². The largest absolute Gasteiger partial charge is 0.465 e. The first-order valence-corrected chi connectivity index (χ1v) is 9.14. The average molecular weight is 378 g/mol. The molecule has 2 aliphatic rings. The van der Waals surface area contributed by atoms with Gasteiger partial charge in [0.2, 0.25) is 0 Å². The number of hydrogen-bond acceptors (Lipinski definition) is 4. The lowest BCUT2D eigenvalue weighted by Crippen LogP contribution is -2.39. The Kier molecular flexibility index (Phi) is 4.78. The number of carbonyl (C=O) groups excluding carboxylic acids is 2. The average Bonchev–Trinajstić information content (AvgIpc) is 3.31. The molecule has 0 aromatic heterocycles. The standard InChI is InChI=1S/C20H24ClNO4/c1-19(2,3)26-18(24)22-10-9-20(7-8-20)12-16(22)14-6-5-13(11-15(14)21)17(23)25-4/h5-6,11-12H,7-10H2,1-4H3. The predicted molar refractivity (Wildman–Crippen MR) is 100.0 cm³/mol. The van der Waals surface area contributed by atoms with Crippen molar-refractivity contribution in [1.29, 1.82) is 0 Å². The number of allylic oxidation sites excluding steroid dienone is 1. The summed E-state index contributed by atoms with van der Waals surface area (Å²) in [5.74, 6) is -0.446. The van der Waals surface area contributed by atoms with E-state index in [1.54, 1.807) is 23.1 Å². The highest BCUT2D eigenvalue weighted by atomic mass is 35.5. The van der Waals surface area contributed by atoms with Crippen molar-refractivity contribution in [2.45, 2.75) is 45.6 Å². The van der Waals surface area contributed by atoms with Gasteiger partial charge in [0.15, 0.2) is 0 Å². The van der Waals surface area contributed by atoms with Crippen molar-refractivity contribution < 1.29 is 19.1 Å². The van der Waals surface area contributed by atoms with E-state index >= 15 is 0 Å². The fourth-order valence-electron chi connectivity index (χ4n) is 3.15. The normalized spacial score (nSPS) is 18.3. The number of halogens is 1. The first-order chi connectivity index (χ1) is 12.1. The first-order valence-electron chi connectivity index (χ1n) is 8.76. The van der Waals surface area contributed by atoms with Crippen molar-refractivity contribution in [3.63, 3.8) is 0 Å². The minimum absolute atomic E-state index is 0.165. The monoisotopic (exact) mass is 377 g/mol. The van der Waals surface area contributed by atoms with Crippen LogP contribution in [0.1, 0.15) is 56.0 Å². The highest BCUT2D eigenvalue weighted by Crippen LogP contribution is 2.54. The summed E-state index contributed by atoms with van der Waals surface area (Å²) in [5.41, 5.74) is 1.44. The molecular weight excluding hydrogens is 354 g/mol. The van der Waals surface area contributed by atoms with E-state index in [9.17, 15) is 9.59 Å². The van der Waals surface area contributed by atoms with Crippen molar-refractivity contribution in [2.75, 3.05) is 13.7 Å². The molecule has 1 fully saturated rings. The van der Waals surface area contributed by atoms with Gasteiger partial charge in [0, 0.05) is 12.1 Å². The van der Waals surface area contributed by atoms with E-state index in [2.05, 4.69) is 6.08 Å². The van der Waals surface area contributed by atoms with Crippen LogP contribution in [0.5, 0.6) is 0 Å². The summed E-state index contributed by atoms with van der Waals surface area (Å²) in [7, 11) is 1.33. The topological polar surface area (TPSA) is 55.8 Å². The Bertz CT molecular complexity index is 775. The molecule has 0 unspecified atom stereocenters. The van der Waals surface area contributed by atoms with E-state index in [-0.39, 0.29) is 11.5 Å². The Labute approximate surface area is 158 Å². The zero-order chi connectivity index (χ0) is 19.1. The van der Waals surface area contributed by atoms with Crippen LogP contribution in [0.15, 0.2) is 24.3 Å². The van der Waals surface area contributed by atoms with Gasteiger partial charge in [0.25, 0.3) is 0 Å². The molecule has 1 aromatic rings. The van der Waals surface area contributed by atoms with Gasteiger partial charge in [-0.15, -0.1) is 0 Å². The molecule has 140 valence electrons. The summed E-state index contributed by atoms with van der Waals surface area (Å²) in [4.78, 5) is 26.1. The third-order valence-corrected chi connectivity index (χ3v) is 5.05. The maximum atomic E-state index is 12.7. The maximum Gasteiger partial charge on any atom is 0.414 e. The second-order valence-electron chi connectivity index (χ2n) is 7.96. The number of benzene rings is 1. The maximum absolute atomic E-state index is 12.7. The number of rotatable bonds is 2. The number of carbonyl (C=O) groups is 2. The number of esters is 1. The van der Waals surface area contributed by atoms with Gasteiger partial charge in [0.05, 0.1) is 23.4 Å². The highest BCUT2D eigenvalue weighted by molar-refractivity contribution is 6.32. The molecule has 5 nitrogen and oxygen atoms in total. The number of nitrogens with zero attached hydrogens (tertiary/aromatic N) is 1. The lowest BCUT2D eigenvalue weighted by atomic mass is 9.93. The van der Waals surface area contributed by atoms with Crippen LogP contribution in [0.4, 0.5) is 4.79 Å². The molecular formula is C20H24ClNO4. The molecule has 6 heteroatoms. The fourth-order valence-corrected chi connectivity index (χ4v) is 3.42. The summed E-state index contributed by atoms with van der Waals surface area (Å²) in [5, 5.41) is 0.408. The molecule has 26 heavy (non-hydrogen) atoms. The van der Waals surface area contributed by atoms with Crippen LogP contribution in [0.3, 0.4) is 0 Å². The SMILES string of the molecule is COC(=O)c1ccc(C2=CC3(CCN2C(=O)OC(C)(C)C)CC3)c(Cl)c1. The Balaban J connectivity index is 1.97. The van der Waals surface area contributed by atoms with Crippen LogP contribution >= 0.6 is 11.6 Å². The zero-order valence-electron chi connectivity index (χ0n) is 15.6. The Hall–Kier alpha value is -2.01. The molecule has 1 heterocycles. The van der Waals surface area contributed by atoms with Gasteiger partial charge in [-0.2, -0.15) is 0 Å². The summed E-state index contributed by atoms with van der Waals surface area (Å²) in [6.07, 6.45) is 4.92. The van der Waals surface area contributed by atoms with Crippen molar-refractivity contribution >= 4 is 29.4 Å². The Morgan fingerprint density at radius 1 is 1.19 bits per heavy atom. The fraction of sp³-hybridized carbons (Fsp3) is 0.500. The van der Waals surface area contributed by atoms with Crippen molar-refractivity contribution in [3.8, 4) is 0 Å². The first kappa shape index (κ1) is 18.8. The molecule has 0 N–H and O–H groups in total. The van der Waals surface area contributed by atoms with Crippen molar-refractivity contribution in [2.24, 2.45) is 5.41 Å². The van der Waals surface area contributed by atoms with Gasteiger partial charge in [-0.25, -0.2) is 9.59 Å². The lowest BCUT2D eigenvalue weighted by molar-refractivity contribution is 0.0337. The minimum Gasteiger partial charge on any atom is -0.465 e. The van der Waals surface area contributed by atoms with Gasteiger partial charge < -0.3 is 9.47 Å². The molecule has 0 bridgehead atoms. The molecule has 0 saturated heterocycles. The van der Waals surface area contributed by atoms with E-state index in [1.807, 2.05) is 20.8 Å². The number of methoxy groups -OCH3 is 1. The number of hydrogen-bond donors (Lipinski definition) is 0. The summed E-state index contributed by atoms with van der Waals surface area (Å²) in [6.45, 7) is 6.13. The molecule has 1 aliphatic carbocycles. The van der Waals surface area contributed by atoms with Crippen LogP contribution in [0, 0.1) is 5.41 Å². The molecule has 1 spiro atoms. The Morgan fingerprint density at radius 3 is 2.42 bits per heavy atom. The van der Waals surface area contributed by atoms with Crippen molar-refractivity contribution in [1.82, 2.24) is 4.90 Å². The lowest BCUT2D eigenvalue weighted by Gasteiger charge is -2.34. The predicted octanol–water partition coefficient (Wildman–Crippen LogP) is 4.89. The highest BCUT2D eigenvalue weighted by Gasteiger charge is 2.45. The van der Waals surface area contributed by atoms with E-state index < -0.39 is 11.6 Å². The number of ether oxygens (including phenoxy) is 2. The second kappa shape index (κ2) is 6.62. The second-order valence-corrected chi connectivity index (χ2v) is 8.37. The van der Waals surface area contributed by atoms with Crippen LogP contribution < -0.4 is 0 Å². The molecule has 1 amide bonds. The third-order valence-electron chi connectivity index (χ3n) is 4.74. The minimum atomic E-state index is -0.574. The van der Waals surface area contributed by atoms with Crippen molar-refractivity contribution in [3.05, 3.63) is 40.4 Å². The molecule has 1 aliphatic heterocycles. The van der Waals surface area contributed by atoms with Crippen LogP contribution in [-0.4, -0.2) is 36.2 Å². The van der Waals surface area contributed by atoms with E-state index in [0.29, 0.717) is 17.1 Å². The molecule has 0 radical (unpaired) electrons. The molecule has 3 rings (SSSR count). The summed E-state index contributed by atoms with van der Waals surface area (Å²) < 4.78 is 10.3. The molecule has 1 aromatic carbocycles. The van der Waals surface area contributed by atoms with Gasteiger partial charge >= 0.3 is 12.1 Å². The molecule has 1 saturated carbocycles. The van der Waals surface area contributed by atoms with Gasteiger partial charge in [0.1, 0.15) is 5.60 Å². The van der Waals surface area contributed by atoms with Crippen LogP contribution in [-0.2, 0) is 9.47 Å². The molecule has 0 atom stereocenters. The number of amides is 1. The zero-order valence-corrected chi connectivity index (χ0v) is 16.4. The van der Waals surface area contributed by atoms with Gasteiger partial charge in [-0.05, 0) is 57.6 Å².